The summed E-state index contributed by atoms with van der Waals surface area (Å²) in [4.78, 5) is 17.2. The van der Waals surface area contributed by atoms with Crippen molar-refractivity contribution >= 4 is 22.5 Å². The van der Waals surface area contributed by atoms with Gasteiger partial charge in [0.25, 0.3) is 5.56 Å². The number of rotatable bonds is 6. The fourth-order valence-electron chi connectivity index (χ4n) is 2.41. The maximum absolute atomic E-state index is 12.6. The molecule has 114 valence electrons. The van der Waals surface area contributed by atoms with Gasteiger partial charge in [0, 0.05) is 18.7 Å². The minimum Gasteiger partial charge on any atom is -0.379 e. The summed E-state index contributed by atoms with van der Waals surface area (Å²) in [5.41, 5.74) is 0.639. The average Bonchev–Trinajstić information content (AvgIpc) is 2.46. The van der Waals surface area contributed by atoms with Gasteiger partial charge in [0.05, 0.1) is 24.1 Å². The molecule has 0 fully saturated rings. The Kier molecular flexibility index (Phi) is 5.33. The Morgan fingerprint density at radius 3 is 2.90 bits per heavy atom. The molecule has 0 spiro atoms. The van der Waals surface area contributed by atoms with Crippen molar-refractivity contribution in [3.8, 4) is 0 Å². The minimum atomic E-state index is -0.0128. The first-order valence-electron chi connectivity index (χ1n) is 7.10. The average molecular weight is 311 g/mol. The SMILES string of the molecule is CCn1c([C@H](C)[NH2+]CCOC)nc2cc(Cl)ccc2c1=O. The monoisotopic (exact) mass is 310 g/mol. The molecular weight excluding hydrogens is 290 g/mol. The van der Waals surface area contributed by atoms with Crippen LogP contribution in [0.4, 0.5) is 0 Å². The van der Waals surface area contributed by atoms with E-state index in [2.05, 4.69) is 10.3 Å². The minimum absolute atomic E-state index is 0.0128. The van der Waals surface area contributed by atoms with Gasteiger partial charge in [-0.2, -0.15) is 0 Å². The smallest absolute Gasteiger partial charge is 0.261 e. The van der Waals surface area contributed by atoms with E-state index in [-0.39, 0.29) is 11.6 Å². The van der Waals surface area contributed by atoms with Crippen molar-refractivity contribution in [3.63, 3.8) is 0 Å². The summed E-state index contributed by atoms with van der Waals surface area (Å²) in [6.07, 6.45) is 0. The topological polar surface area (TPSA) is 60.7 Å². The second-order valence-corrected chi connectivity index (χ2v) is 5.42. The quantitative estimate of drug-likeness (QED) is 0.819. The van der Waals surface area contributed by atoms with Gasteiger partial charge in [-0.15, -0.1) is 0 Å². The fourth-order valence-corrected chi connectivity index (χ4v) is 2.57. The first kappa shape index (κ1) is 15.9. The Bertz CT molecular complexity index is 684. The molecule has 0 aliphatic heterocycles. The summed E-state index contributed by atoms with van der Waals surface area (Å²) >= 11 is 6.01. The van der Waals surface area contributed by atoms with E-state index in [0.717, 1.165) is 12.4 Å². The number of quaternary nitrogens is 1. The third kappa shape index (κ3) is 3.43. The Morgan fingerprint density at radius 1 is 1.48 bits per heavy atom. The van der Waals surface area contributed by atoms with Crippen LogP contribution in [0.15, 0.2) is 23.0 Å². The number of nitrogens with two attached hydrogens (primary N) is 1. The third-order valence-corrected chi connectivity index (χ3v) is 3.75. The number of fused-ring (bicyclic) bond motifs is 1. The van der Waals surface area contributed by atoms with E-state index in [1.807, 2.05) is 13.8 Å². The molecule has 1 aromatic carbocycles. The van der Waals surface area contributed by atoms with Crippen molar-refractivity contribution in [2.24, 2.45) is 0 Å². The molecule has 0 bridgehead atoms. The molecule has 0 radical (unpaired) electrons. The third-order valence-electron chi connectivity index (χ3n) is 3.51. The molecule has 0 aliphatic carbocycles. The summed E-state index contributed by atoms with van der Waals surface area (Å²) in [7, 11) is 1.68. The molecule has 0 amide bonds. The van der Waals surface area contributed by atoms with Crippen LogP contribution in [0, 0.1) is 0 Å². The first-order valence-corrected chi connectivity index (χ1v) is 7.48. The van der Waals surface area contributed by atoms with Crippen LogP contribution in [0.25, 0.3) is 10.9 Å². The maximum Gasteiger partial charge on any atom is 0.261 e. The lowest BCUT2D eigenvalue weighted by molar-refractivity contribution is -0.695. The van der Waals surface area contributed by atoms with Crippen molar-refractivity contribution in [2.45, 2.75) is 26.4 Å². The zero-order chi connectivity index (χ0) is 15.4. The van der Waals surface area contributed by atoms with Crippen molar-refractivity contribution in [1.82, 2.24) is 9.55 Å². The van der Waals surface area contributed by atoms with Crippen LogP contribution in [0.1, 0.15) is 25.7 Å². The highest BCUT2D eigenvalue weighted by atomic mass is 35.5. The molecule has 0 aliphatic rings. The molecule has 5 nitrogen and oxygen atoms in total. The van der Waals surface area contributed by atoms with E-state index in [0.29, 0.717) is 29.1 Å². The number of halogens is 1. The lowest BCUT2D eigenvalue weighted by Crippen LogP contribution is -2.86. The van der Waals surface area contributed by atoms with Gasteiger partial charge < -0.3 is 10.1 Å². The van der Waals surface area contributed by atoms with Crippen molar-refractivity contribution in [2.75, 3.05) is 20.3 Å². The Balaban J connectivity index is 2.48. The van der Waals surface area contributed by atoms with E-state index >= 15 is 0 Å². The fraction of sp³-hybridized carbons (Fsp3) is 0.467. The second-order valence-electron chi connectivity index (χ2n) is 4.99. The standard InChI is InChI=1S/C15H20ClN3O2/c1-4-19-14(10(2)17-7-8-21-3)18-13-9-11(16)5-6-12(13)15(19)20/h5-6,9-10,17H,4,7-8H2,1-3H3/p+1/t10-/m0/s1. The lowest BCUT2D eigenvalue weighted by Gasteiger charge is -2.16. The largest absolute Gasteiger partial charge is 0.379 e. The van der Waals surface area contributed by atoms with Gasteiger partial charge in [0.15, 0.2) is 5.82 Å². The highest BCUT2D eigenvalue weighted by Gasteiger charge is 2.18. The van der Waals surface area contributed by atoms with Crippen LogP contribution < -0.4 is 10.9 Å². The van der Waals surface area contributed by atoms with Crippen LogP contribution in [0.5, 0.6) is 0 Å². The Hall–Kier alpha value is -1.43. The van der Waals surface area contributed by atoms with Gasteiger partial charge in [-0.05, 0) is 32.0 Å². The molecule has 6 heteroatoms. The highest BCUT2D eigenvalue weighted by Crippen LogP contribution is 2.16. The summed E-state index contributed by atoms with van der Waals surface area (Å²) in [6.45, 7) is 6.09. The Labute approximate surface area is 128 Å². The maximum atomic E-state index is 12.6. The molecule has 1 atom stereocenters. The lowest BCUT2D eigenvalue weighted by atomic mass is 10.2. The van der Waals surface area contributed by atoms with Gasteiger partial charge in [-0.3, -0.25) is 9.36 Å². The number of ether oxygens (including phenoxy) is 1. The van der Waals surface area contributed by atoms with Gasteiger partial charge in [-0.1, -0.05) is 11.6 Å². The van der Waals surface area contributed by atoms with E-state index < -0.39 is 0 Å². The predicted molar refractivity (Wildman–Crippen MR) is 83.8 cm³/mol. The van der Waals surface area contributed by atoms with E-state index in [4.69, 9.17) is 16.3 Å². The molecule has 2 aromatic rings. The summed E-state index contributed by atoms with van der Waals surface area (Å²) in [5.74, 6) is 0.772. The van der Waals surface area contributed by atoms with E-state index in [1.165, 1.54) is 0 Å². The first-order chi connectivity index (χ1) is 10.1. The Morgan fingerprint density at radius 2 is 2.24 bits per heavy atom. The van der Waals surface area contributed by atoms with E-state index in [9.17, 15) is 4.79 Å². The zero-order valence-electron chi connectivity index (χ0n) is 12.6. The van der Waals surface area contributed by atoms with Crippen LogP contribution in [0.2, 0.25) is 5.02 Å². The number of benzene rings is 1. The molecule has 2 N–H and O–H groups in total. The van der Waals surface area contributed by atoms with Crippen molar-refractivity contribution in [1.29, 1.82) is 0 Å². The number of methoxy groups -OCH3 is 1. The van der Waals surface area contributed by atoms with Gasteiger partial charge >= 0.3 is 0 Å². The highest BCUT2D eigenvalue weighted by molar-refractivity contribution is 6.31. The van der Waals surface area contributed by atoms with Crippen LogP contribution >= 0.6 is 11.6 Å². The zero-order valence-corrected chi connectivity index (χ0v) is 13.4. The van der Waals surface area contributed by atoms with E-state index in [1.54, 1.807) is 29.9 Å². The summed E-state index contributed by atoms with van der Waals surface area (Å²) < 4.78 is 6.78. The predicted octanol–water partition coefficient (Wildman–Crippen LogP) is 1.34. The number of aromatic nitrogens is 2. The molecule has 21 heavy (non-hydrogen) atoms. The van der Waals surface area contributed by atoms with Crippen LogP contribution in [-0.4, -0.2) is 29.8 Å². The molecule has 1 aromatic heterocycles. The molecule has 1 heterocycles. The van der Waals surface area contributed by atoms with Gasteiger partial charge in [0.2, 0.25) is 0 Å². The molecular formula is C15H21ClN3O2+. The van der Waals surface area contributed by atoms with Crippen LogP contribution in [-0.2, 0) is 11.3 Å². The second kappa shape index (κ2) is 7.02. The molecule has 0 saturated heterocycles. The number of hydrogen-bond acceptors (Lipinski definition) is 3. The molecule has 0 unspecified atom stereocenters. The summed E-state index contributed by atoms with van der Waals surface area (Å²) in [6, 6.07) is 5.28. The molecule has 2 rings (SSSR count). The number of nitrogens with zero attached hydrogens (tertiary/aromatic N) is 2. The van der Waals surface area contributed by atoms with Gasteiger partial charge in [0.1, 0.15) is 6.04 Å². The number of hydrogen-bond donors (Lipinski definition) is 1. The molecule has 0 saturated carbocycles. The van der Waals surface area contributed by atoms with Gasteiger partial charge in [-0.25, -0.2) is 4.98 Å². The van der Waals surface area contributed by atoms with Crippen molar-refractivity contribution in [3.05, 3.63) is 39.4 Å². The van der Waals surface area contributed by atoms with Crippen molar-refractivity contribution < 1.29 is 10.1 Å². The van der Waals surface area contributed by atoms with Crippen LogP contribution in [0.3, 0.4) is 0 Å². The normalized spacial score (nSPS) is 12.8. The summed E-state index contributed by atoms with van der Waals surface area (Å²) in [5, 5.41) is 3.31.